The second kappa shape index (κ2) is 6.54. The van der Waals surface area contributed by atoms with Gasteiger partial charge in [0.2, 0.25) is 6.10 Å². The average Bonchev–Trinajstić information content (AvgIpc) is 3.00. The minimum Gasteiger partial charge on any atom is -0.476 e. The van der Waals surface area contributed by atoms with Crippen LogP contribution in [0, 0.1) is 0 Å². The van der Waals surface area contributed by atoms with Gasteiger partial charge in [-0.3, -0.25) is 4.79 Å². The Morgan fingerprint density at radius 1 is 1.17 bits per heavy atom. The number of aromatic nitrogens is 1. The highest BCUT2D eigenvalue weighted by molar-refractivity contribution is 5.82. The monoisotopic (exact) mass is 309 g/mol. The van der Waals surface area contributed by atoms with Crippen LogP contribution in [0.15, 0.2) is 54.7 Å². The molecule has 0 saturated heterocycles. The molecule has 5 heteroatoms. The number of fused-ring (bicyclic) bond motifs is 1. The molecule has 0 radical (unpaired) electrons. The van der Waals surface area contributed by atoms with Gasteiger partial charge in [-0.1, -0.05) is 24.3 Å². The van der Waals surface area contributed by atoms with E-state index < -0.39 is 12.0 Å². The number of carbonyl (C=O) groups excluding carboxylic acids is 1. The molecule has 0 spiro atoms. The smallest absolute Gasteiger partial charge is 0.263 e. The number of H-pyrrole nitrogens is 1. The number of primary amides is 1. The lowest BCUT2D eigenvalue weighted by Crippen LogP contribution is -2.26. The standard InChI is InChI=1S/C18H19N3O2/c19-8-6-12-2-1-3-14(10-12)17(18(20)22)23-15-4-5-16-13(11-15)7-9-21-16/h1-5,7,9-11,17,21H,6,8,19H2,(H2,20,22). The molecule has 2 aromatic carbocycles. The zero-order chi connectivity index (χ0) is 16.2. The molecule has 0 aliphatic carbocycles. The van der Waals surface area contributed by atoms with Crippen LogP contribution in [-0.2, 0) is 11.2 Å². The van der Waals surface area contributed by atoms with Crippen LogP contribution in [0.5, 0.6) is 5.75 Å². The van der Waals surface area contributed by atoms with Crippen molar-refractivity contribution in [2.75, 3.05) is 6.54 Å². The van der Waals surface area contributed by atoms with Gasteiger partial charge in [-0.2, -0.15) is 0 Å². The summed E-state index contributed by atoms with van der Waals surface area (Å²) in [7, 11) is 0. The molecule has 1 unspecified atom stereocenters. The van der Waals surface area contributed by atoms with Gasteiger partial charge in [0, 0.05) is 22.7 Å². The molecule has 1 atom stereocenters. The van der Waals surface area contributed by atoms with E-state index in [1.807, 2.05) is 54.7 Å². The Kier molecular flexibility index (Phi) is 4.30. The molecule has 5 nitrogen and oxygen atoms in total. The molecule has 0 aliphatic rings. The summed E-state index contributed by atoms with van der Waals surface area (Å²) < 4.78 is 5.85. The Balaban J connectivity index is 1.89. The third-order valence-corrected chi connectivity index (χ3v) is 3.72. The Bertz CT molecular complexity index is 826. The summed E-state index contributed by atoms with van der Waals surface area (Å²) in [6, 6.07) is 15.2. The summed E-state index contributed by atoms with van der Waals surface area (Å²) in [6.45, 7) is 0.551. The van der Waals surface area contributed by atoms with Gasteiger partial charge in [-0.15, -0.1) is 0 Å². The van der Waals surface area contributed by atoms with E-state index in [1.165, 1.54) is 0 Å². The van der Waals surface area contributed by atoms with Gasteiger partial charge in [0.15, 0.2) is 0 Å². The molecule has 1 aromatic heterocycles. The van der Waals surface area contributed by atoms with E-state index in [4.69, 9.17) is 16.2 Å². The highest BCUT2D eigenvalue weighted by Gasteiger charge is 2.20. The van der Waals surface area contributed by atoms with Crippen LogP contribution in [0.2, 0.25) is 0 Å². The molecular formula is C18H19N3O2. The third kappa shape index (κ3) is 3.35. The largest absolute Gasteiger partial charge is 0.476 e. The number of nitrogens with two attached hydrogens (primary N) is 2. The van der Waals surface area contributed by atoms with E-state index in [0.29, 0.717) is 12.3 Å². The summed E-state index contributed by atoms with van der Waals surface area (Å²) in [5.74, 6) is 0.0780. The predicted molar refractivity (Wildman–Crippen MR) is 90.1 cm³/mol. The number of rotatable bonds is 6. The fourth-order valence-electron chi connectivity index (χ4n) is 2.61. The predicted octanol–water partition coefficient (Wildman–Crippen LogP) is 2.27. The van der Waals surface area contributed by atoms with Crippen molar-refractivity contribution in [2.45, 2.75) is 12.5 Å². The minimum atomic E-state index is -0.830. The number of benzene rings is 2. The van der Waals surface area contributed by atoms with Crippen LogP contribution in [0.3, 0.4) is 0 Å². The number of ether oxygens (including phenoxy) is 1. The van der Waals surface area contributed by atoms with Gasteiger partial charge < -0.3 is 21.2 Å². The summed E-state index contributed by atoms with van der Waals surface area (Å²) in [6.07, 6.45) is 1.77. The molecule has 3 aromatic rings. The van der Waals surface area contributed by atoms with Crippen molar-refractivity contribution in [1.82, 2.24) is 4.98 Å². The maximum atomic E-state index is 11.9. The van der Waals surface area contributed by atoms with Gasteiger partial charge in [0.25, 0.3) is 5.91 Å². The van der Waals surface area contributed by atoms with Crippen LogP contribution >= 0.6 is 0 Å². The Morgan fingerprint density at radius 2 is 2.04 bits per heavy atom. The lowest BCUT2D eigenvalue weighted by Gasteiger charge is -2.17. The van der Waals surface area contributed by atoms with Crippen LogP contribution < -0.4 is 16.2 Å². The summed E-state index contributed by atoms with van der Waals surface area (Å²) in [4.78, 5) is 15.0. The normalized spacial score (nSPS) is 12.2. The number of nitrogens with one attached hydrogen (secondary N) is 1. The first kappa shape index (κ1) is 15.1. The third-order valence-electron chi connectivity index (χ3n) is 3.72. The number of carbonyl (C=O) groups is 1. The maximum absolute atomic E-state index is 11.9. The highest BCUT2D eigenvalue weighted by Crippen LogP contribution is 2.26. The summed E-state index contributed by atoms with van der Waals surface area (Å²) >= 11 is 0. The van der Waals surface area contributed by atoms with Crippen molar-refractivity contribution in [3.8, 4) is 5.75 Å². The molecule has 0 aliphatic heterocycles. The SMILES string of the molecule is NCCc1cccc(C(Oc2ccc3[nH]ccc3c2)C(N)=O)c1. The molecule has 0 fully saturated rings. The van der Waals surface area contributed by atoms with E-state index in [1.54, 1.807) is 0 Å². The zero-order valence-electron chi connectivity index (χ0n) is 12.7. The second-order valence-corrected chi connectivity index (χ2v) is 5.41. The molecule has 23 heavy (non-hydrogen) atoms. The second-order valence-electron chi connectivity index (χ2n) is 5.41. The average molecular weight is 309 g/mol. The fourth-order valence-corrected chi connectivity index (χ4v) is 2.61. The van der Waals surface area contributed by atoms with Gasteiger partial charge in [-0.05, 0) is 42.8 Å². The molecule has 1 amide bonds. The first-order chi connectivity index (χ1) is 11.2. The van der Waals surface area contributed by atoms with E-state index in [9.17, 15) is 4.79 Å². The Labute approximate surface area is 134 Å². The van der Waals surface area contributed by atoms with Crippen molar-refractivity contribution in [3.63, 3.8) is 0 Å². The van der Waals surface area contributed by atoms with Crippen molar-refractivity contribution < 1.29 is 9.53 Å². The summed E-state index contributed by atoms with van der Waals surface area (Å²) in [5.41, 5.74) is 13.9. The quantitative estimate of drug-likeness (QED) is 0.652. The number of aromatic amines is 1. The van der Waals surface area contributed by atoms with E-state index in [-0.39, 0.29) is 0 Å². The van der Waals surface area contributed by atoms with Crippen molar-refractivity contribution in [2.24, 2.45) is 11.5 Å². The molecule has 0 bridgehead atoms. The Morgan fingerprint density at radius 3 is 2.83 bits per heavy atom. The first-order valence-electron chi connectivity index (χ1n) is 7.49. The maximum Gasteiger partial charge on any atom is 0.263 e. The lowest BCUT2D eigenvalue weighted by molar-refractivity contribution is -0.125. The molecule has 5 N–H and O–H groups in total. The van der Waals surface area contributed by atoms with Gasteiger partial charge in [-0.25, -0.2) is 0 Å². The molecular weight excluding hydrogens is 290 g/mol. The Hall–Kier alpha value is -2.79. The van der Waals surface area contributed by atoms with Crippen LogP contribution in [0.25, 0.3) is 10.9 Å². The fraction of sp³-hybridized carbons (Fsp3) is 0.167. The van der Waals surface area contributed by atoms with E-state index in [0.717, 1.165) is 28.5 Å². The van der Waals surface area contributed by atoms with E-state index in [2.05, 4.69) is 4.98 Å². The first-order valence-corrected chi connectivity index (χ1v) is 7.49. The summed E-state index contributed by atoms with van der Waals surface area (Å²) in [5, 5.41) is 1.02. The van der Waals surface area contributed by atoms with Crippen LogP contribution in [0.4, 0.5) is 0 Å². The zero-order valence-corrected chi connectivity index (χ0v) is 12.7. The van der Waals surface area contributed by atoms with E-state index >= 15 is 0 Å². The van der Waals surface area contributed by atoms with Crippen molar-refractivity contribution in [3.05, 3.63) is 65.9 Å². The van der Waals surface area contributed by atoms with Gasteiger partial charge in [0.1, 0.15) is 5.75 Å². The number of amides is 1. The number of hydrogen-bond acceptors (Lipinski definition) is 3. The molecule has 1 heterocycles. The minimum absolute atomic E-state index is 0.524. The van der Waals surface area contributed by atoms with Crippen LogP contribution in [-0.4, -0.2) is 17.4 Å². The lowest BCUT2D eigenvalue weighted by atomic mass is 10.0. The van der Waals surface area contributed by atoms with Gasteiger partial charge >= 0.3 is 0 Å². The van der Waals surface area contributed by atoms with Gasteiger partial charge in [0.05, 0.1) is 0 Å². The number of hydrogen-bond donors (Lipinski definition) is 3. The molecule has 118 valence electrons. The highest BCUT2D eigenvalue weighted by atomic mass is 16.5. The topological polar surface area (TPSA) is 94.1 Å². The van der Waals surface area contributed by atoms with Crippen LogP contribution in [0.1, 0.15) is 17.2 Å². The molecule has 0 saturated carbocycles. The molecule has 3 rings (SSSR count). The van der Waals surface area contributed by atoms with Crippen molar-refractivity contribution >= 4 is 16.8 Å². The van der Waals surface area contributed by atoms with Crippen molar-refractivity contribution in [1.29, 1.82) is 0 Å².